The second kappa shape index (κ2) is 7.73. The molecule has 3 nitrogen and oxygen atoms in total. The van der Waals surface area contributed by atoms with Crippen molar-refractivity contribution in [3.05, 3.63) is 90.1 Å². The molecular formula is C28H29N3. The van der Waals surface area contributed by atoms with Crippen molar-refractivity contribution in [3.8, 4) is 0 Å². The molecule has 0 amide bonds. The van der Waals surface area contributed by atoms with Gasteiger partial charge in [-0.15, -0.1) is 0 Å². The Morgan fingerprint density at radius 3 is 2.00 bits per heavy atom. The molecule has 0 atom stereocenters. The van der Waals surface area contributed by atoms with E-state index in [1.54, 1.807) is 0 Å². The van der Waals surface area contributed by atoms with Gasteiger partial charge in [0.2, 0.25) is 0 Å². The van der Waals surface area contributed by atoms with Crippen LogP contribution in [-0.4, -0.2) is 11.7 Å². The number of nitrogens with zero attached hydrogens (tertiary/aromatic N) is 3. The molecule has 3 heteroatoms. The van der Waals surface area contributed by atoms with E-state index in [0.717, 1.165) is 12.5 Å². The topological polar surface area (TPSA) is 19.4 Å². The lowest BCUT2D eigenvalue weighted by Gasteiger charge is -2.29. The second-order valence-corrected chi connectivity index (χ2v) is 8.95. The molecule has 0 saturated carbocycles. The number of anilines is 4. The predicted molar refractivity (Wildman–Crippen MR) is 132 cm³/mol. The fraction of sp³-hybridized carbons (Fsp3) is 0.250. The number of hydrogen-bond donors (Lipinski definition) is 0. The Morgan fingerprint density at radius 2 is 1.32 bits per heavy atom. The van der Waals surface area contributed by atoms with Crippen LogP contribution in [0.25, 0.3) is 10.8 Å². The lowest BCUT2D eigenvalue weighted by molar-refractivity contribution is 0.819. The summed E-state index contributed by atoms with van der Waals surface area (Å²) in [6.45, 7) is 9.91. The van der Waals surface area contributed by atoms with Crippen LogP contribution in [0.1, 0.15) is 50.7 Å². The Kier molecular flexibility index (Phi) is 4.90. The van der Waals surface area contributed by atoms with Crippen molar-refractivity contribution in [1.82, 2.24) is 4.98 Å². The Morgan fingerprint density at radius 1 is 0.677 bits per heavy atom. The molecule has 5 rings (SSSR count). The molecule has 1 aliphatic rings. The molecule has 0 bridgehead atoms. The van der Waals surface area contributed by atoms with Gasteiger partial charge in [-0.1, -0.05) is 88.4 Å². The van der Waals surface area contributed by atoms with E-state index in [2.05, 4.69) is 110 Å². The van der Waals surface area contributed by atoms with Crippen molar-refractivity contribution < 1.29 is 0 Å². The number of aromatic nitrogens is 1. The number of pyridine rings is 1. The van der Waals surface area contributed by atoms with Crippen LogP contribution >= 0.6 is 0 Å². The summed E-state index contributed by atoms with van der Waals surface area (Å²) in [6, 6.07) is 26.0. The molecule has 0 radical (unpaired) electrons. The highest BCUT2D eigenvalue weighted by Gasteiger charge is 2.34. The minimum absolute atomic E-state index is 0.436. The minimum atomic E-state index is 0.436. The second-order valence-electron chi connectivity index (χ2n) is 8.95. The zero-order valence-corrected chi connectivity index (χ0v) is 18.7. The van der Waals surface area contributed by atoms with Gasteiger partial charge >= 0.3 is 0 Å². The molecule has 4 aromatic rings. The molecule has 2 heterocycles. The monoisotopic (exact) mass is 407 g/mol. The molecule has 156 valence electrons. The summed E-state index contributed by atoms with van der Waals surface area (Å²) in [4.78, 5) is 9.79. The van der Waals surface area contributed by atoms with Crippen molar-refractivity contribution in [2.75, 3.05) is 16.5 Å². The van der Waals surface area contributed by atoms with Gasteiger partial charge in [0.25, 0.3) is 0 Å². The summed E-state index contributed by atoms with van der Waals surface area (Å²) in [5.74, 6) is 1.90. The Hall–Kier alpha value is -3.33. The summed E-state index contributed by atoms with van der Waals surface area (Å²) in [5, 5.41) is 2.42. The van der Waals surface area contributed by atoms with Crippen molar-refractivity contribution in [3.63, 3.8) is 0 Å². The van der Waals surface area contributed by atoms with E-state index in [1.165, 1.54) is 39.0 Å². The molecule has 0 fully saturated rings. The average Bonchev–Trinajstić information content (AvgIpc) is 3.19. The first kappa shape index (κ1) is 19.6. The molecule has 1 aliphatic heterocycles. The van der Waals surface area contributed by atoms with Gasteiger partial charge in [-0.2, -0.15) is 0 Å². The van der Waals surface area contributed by atoms with E-state index < -0.39 is 0 Å². The molecule has 1 aromatic heterocycles. The highest BCUT2D eigenvalue weighted by atomic mass is 15.4. The standard InChI is InChI=1S/C28H29N3/c1-19(2)23-15-10-16-24(20(3)4)26(23)31-18-30(22-12-6-5-7-13-22)28-27(31)25-14-9-8-11-21(25)17-29-28/h5-17,19-20H,18H2,1-4H3. The number of rotatable bonds is 4. The number of hydrogen-bond acceptors (Lipinski definition) is 3. The normalized spacial score (nSPS) is 13.5. The maximum Gasteiger partial charge on any atom is 0.159 e. The Labute approximate surface area is 185 Å². The van der Waals surface area contributed by atoms with E-state index in [-0.39, 0.29) is 0 Å². The van der Waals surface area contributed by atoms with E-state index in [4.69, 9.17) is 4.98 Å². The summed E-state index contributed by atoms with van der Waals surface area (Å²) < 4.78 is 0. The third-order valence-electron chi connectivity index (χ3n) is 6.24. The number of benzene rings is 3. The highest BCUT2D eigenvalue weighted by Crippen LogP contribution is 2.49. The first-order valence-corrected chi connectivity index (χ1v) is 11.2. The van der Waals surface area contributed by atoms with Crippen molar-refractivity contribution in [2.45, 2.75) is 39.5 Å². The fourth-order valence-corrected chi connectivity index (χ4v) is 4.70. The van der Waals surface area contributed by atoms with Crippen LogP contribution in [0.5, 0.6) is 0 Å². The van der Waals surface area contributed by atoms with E-state index in [9.17, 15) is 0 Å². The van der Waals surface area contributed by atoms with Gasteiger partial charge in [-0.3, -0.25) is 0 Å². The van der Waals surface area contributed by atoms with Crippen LogP contribution < -0.4 is 9.80 Å². The van der Waals surface area contributed by atoms with E-state index in [1.807, 2.05) is 6.20 Å². The first-order chi connectivity index (χ1) is 15.1. The van der Waals surface area contributed by atoms with Gasteiger partial charge in [0.05, 0.1) is 5.69 Å². The van der Waals surface area contributed by atoms with Crippen LogP contribution in [0.3, 0.4) is 0 Å². The molecule has 31 heavy (non-hydrogen) atoms. The van der Waals surface area contributed by atoms with Gasteiger partial charge in [0.1, 0.15) is 6.67 Å². The Balaban J connectivity index is 1.81. The SMILES string of the molecule is CC(C)c1cccc(C(C)C)c1N1CN(c2ccccc2)c2ncc3ccccc3c21. The maximum absolute atomic E-state index is 4.95. The smallest absolute Gasteiger partial charge is 0.159 e. The van der Waals surface area contributed by atoms with Crippen molar-refractivity contribution in [2.24, 2.45) is 0 Å². The minimum Gasteiger partial charge on any atom is -0.319 e. The fourth-order valence-electron chi connectivity index (χ4n) is 4.70. The predicted octanol–water partition coefficient (Wildman–Crippen LogP) is 7.73. The molecule has 0 aliphatic carbocycles. The molecule has 0 saturated heterocycles. The third kappa shape index (κ3) is 3.25. The Bertz CT molecular complexity index is 1200. The summed E-state index contributed by atoms with van der Waals surface area (Å²) in [5.41, 5.74) is 6.49. The van der Waals surface area contributed by atoms with Crippen LogP contribution in [0.4, 0.5) is 22.9 Å². The van der Waals surface area contributed by atoms with Crippen LogP contribution in [0, 0.1) is 0 Å². The van der Waals surface area contributed by atoms with Gasteiger partial charge in [-0.25, -0.2) is 4.98 Å². The largest absolute Gasteiger partial charge is 0.319 e. The van der Waals surface area contributed by atoms with E-state index >= 15 is 0 Å². The molecule has 3 aromatic carbocycles. The summed E-state index contributed by atoms with van der Waals surface area (Å²) >= 11 is 0. The summed E-state index contributed by atoms with van der Waals surface area (Å²) in [6.07, 6.45) is 2.01. The number of fused-ring (bicyclic) bond motifs is 3. The third-order valence-corrected chi connectivity index (χ3v) is 6.24. The van der Waals surface area contributed by atoms with Gasteiger partial charge < -0.3 is 9.80 Å². The highest BCUT2D eigenvalue weighted by molar-refractivity contribution is 6.04. The maximum atomic E-state index is 4.95. The van der Waals surface area contributed by atoms with Crippen LogP contribution in [-0.2, 0) is 0 Å². The quantitative estimate of drug-likeness (QED) is 0.345. The zero-order valence-electron chi connectivity index (χ0n) is 18.7. The lowest BCUT2D eigenvalue weighted by Crippen LogP contribution is -2.26. The van der Waals surface area contributed by atoms with Crippen LogP contribution in [0.2, 0.25) is 0 Å². The first-order valence-electron chi connectivity index (χ1n) is 11.2. The zero-order chi connectivity index (χ0) is 21.5. The molecule has 0 spiro atoms. The van der Waals surface area contributed by atoms with E-state index in [0.29, 0.717) is 11.8 Å². The van der Waals surface area contributed by atoms with Crippen molar-refractivity contribution in [1.29, 1.82) is 0 Å². The molecule has 0 N–H and O–H groups in total. The van der Waals surface area contributed by atoms with Crippen LogP contribution in [0.15, 0.2) is 79.0 Å². The van der Waals surface area contributed by atoms with Gasteiger partial charge in [-0.05, 0) is 35.1 Å². The average molecular weight is 408 g/mol. The van der Waals surface area contributed by atoms with Gasteiger partial charge in [0.15, 0.2) is 5.82 Å². The lowest BCUT2D eigenvalue weighted by atomic mass is 9.91. The molecule has 0 unspecified atom stereocenters. The number of para-hydroxylation sites is 2. The summed E-state index contributed by atoms with van der Waals surface area (Å²) in [7, 11) is 0. The van der Waals surface area contributed by atoms with Crippen molar-refractivity contribution >= 4 is 33.7 Å². The molecular weight excluding hydrogens is 378 g/mol. The van der Waals surface area contributed by atoms with Gasteiger partial charge in [0, 0.05) is 28.3 Å².